The summed E-state index contributed by atoms with van der Waals surface area (Å²) < 4.78 is 6.98. The molecule has 116 valence electrons. The highest BCUT2D eigenvalue weighted by molar-refractivity contribution is 5.91. The minimum atomic E-state index is -0.176. The lowest BCUT2D eigenvalue weighted by atomic mass is 10.1. The smallest absolute Gasteiger partial charge is 0.230 e. The SMILES string of the molecule is COc1ccccc1CC(=O)Nc1cc(-n2ccnc2)ncn1. The lowest BCUT2D eigenvalue weighted by Gasteiger charge is -2.09. The van der Waals surface area contributed by atoms with Gasteiger partial charge in [-0.2, -0.15) is 0 Å². The normalized spacial score (nSPS) is 10.3. The molecule has 0 spiro atoms. The van der Waals surface area contributed by atoms with Gasteiger partial charge in [0.1, 0.15) is 30.0 Å². The van der Waals surface area contributed by atoms with E-state index in [0.717, 1.165) is 5.56 Å². The van der Waals surface area contributed by atoms with Gasteiger partial charge in [0.2, 0.25) is 5.91 Å². The number of aromatic nitrogens is 4. The summed E-state index contributed by atoms with van der Waals surface area (Å²) in [6, 6.07) is 9.09. The summed E-state index contributed by atoms with van der Waals surface area (Å²) in [5, 5.41) is 2.76. The van der Waals surface area contributed by atoms with E-state index in [9.17, 15) is 4.79 Å². The average Bonchev–Trinajstić information content (AvgIpc) is 3.10. The van der Waals surface area contributed by atoms with Crippen molar-refractivity contribution in [3.05, 3.63) is 60.9 Å². The van der Waals surface area contributed by atoms with E-state index in [1.165, 1.54) is 6.33 Å². The maximum absolute atomic E-state index is 12.2. The molecule has 23 heavy (non-hydrogen) atoms. The minimum absolute atomic E-state index is 0.176. The van der Waals surface area contributed by atoms with Crippen LogP contribution in [0.2, 0.25) is 0 Å². The first kappa shape index (κ1) is 14.7. The van der Waals surface area contributed by atoms with Gasteiger partial charge in [0.25, 0.3) is 0 Å². The van der Waals surface area contributed by atoms with Gasteiger partial charge in [-0.25, -0.2) is 15.0 Å². The molecule has 0 aliphatic heterocycles. The molecule has 0 atom stereocenters. The number of nitrogens with zero attached hydrogens (tertiary/aromatic N) is 4. The Morgan fingerprint density at radius 3 is 2.96 bits per heavy atom. The monoisotopic (exact) mass is 309 g/mol. The average molecular weight is 309 g/mol. The summed E-state index contributed by atoms with van der Waals surface area (Å²) in [5.41, 5.74) is 0.816. The van der Waals surface area contributed by atoms with Gasteiger partial charge in [0.15, 0.2) is 0 Å². The van der Waals surface area contributed by atoms with E-state index >= 15 is 0 Å². The Morgan fingerprint density at radius 2 is 2.17 bits per heavy atom. The van der Waals surface area contributed by atoms with Crippen molar-refractivity contribution in [2.45, 2.75) is 6.42 Å². The van der Waals surface area contributed by atoms with Crippen molar-refractivity contribution in [3.8, 4) is 11.6 Å². The first-order chi connectivity index (χ1) is 11.3. The second-order valence-corrected chi connectivity index (χ2v) is 4.77. The molecule has 0 aliphatic rings. The number of ether oxygens (including phenoxy) is 1. The number of anilines is 1. The van der Waals surface area contributed by atoms with Crippen molar-refractivity contribution < 1.29 is 9.53 Å². The summed E-state index contributed by atoms with van der Waals surface area (Å²) in [6.45, 7) is 0. The van der Waals surface area contributed by atoms with E-state index in [-0.39, 0.29) is 12.3 Å². The summed E-state index contributed by atoms with van der Waals surface area (Å²) in [7, 11) is 1.58. The Kier molecular flexibility index (Phi) is 4.28. The molecule has 3 aromatic rings. The highest BCUT2D eigenvalue weighted by atomic mass is 16.5. The maximum atomic E-state index is 12.2. The number of amides is 1. The molecule has 1 amide bonds. The Bertz CT molecular complexity index is 802. The fraction of sp³-hybridized carbons (Fsp3) is 0.125. The Hall–Kier alpha value is -3.22. The van der Waals surface area contributed by atoms with Gasteiger partial charge in [-0.05, 0) is 6.07 Å². The Labute approximate surface area is 133 Å². The van der Waals surface area contributed by atoms with Gasteiger partial charge in [-0.15, -0.1) is 0 Å². The number of carbonyl (C=O) groups excluding carboxylic acids is 1. The van der Waals surface area contributed by atoms with Gasteiger partial charge >= 0.3 is 0 Å². The van der Waals surface area contributed by atoms with Gasteiger partial charge in [-0.3, -0.25) is 9.36 Å². The number of imidazole rings is 1. The van der Waals surface area contributed by atoms with Crippen LogP contribution in [-0.2, 0) is 11.2 Å². The van der Waals surface area contributed by atoms with Crippen LogP contribution in [0, 0.1) is 0 Å². The largest absolute Gasteiger partial charge is 0.496 e. The lowest BCUT2D eigenvalue weighted by Crippen LogP contribution is -2.16. The molecule has 2 heterocycles. The highest BCUT2D eigenvalue weighted by Crippen LogP contribution is 2.18. The van der Waals surface area contributed by atoms with E-state index < -0.39 is 0 Å². The van der Waals surface area contributed by atoms with Crippen LogP contribution in [0.3, 0.4) is 0 Å². The van der Waals surface area contributed by atoms with Crippen LogP contribution < -0.4 is 10.1 Å². The molecule has 0 fully saturated rings. The Balaban J connectivity index is 1.72. The molecule has 1 aromatic carbocycles. The van der Waals surface area contributed by atoms with Crippen LogP contribution in [0.1, 0.15) is 5.56 Å². The van der Waals surface area contributed by atoms with E-state index in [0.29, 0.717) is 17.4 Å². The maximum Gasteiger partial charge on any atom is 0.230 e. The van der Waals surface area contributed by atoms with Gasteiger partial charge in [0, 0.05) is 24.0 Å². The van der Waals surface area contributed by atoms with Crippen molar-refractivity contribution >= 4 is 11.7 Å². The number of rotatable bonds is 5. The zero-order chi connectivity index (χ0) is 16.1. The quantitative estimate of drug-likeness (QED) is 0.778. The predicted molar refractivity (Wildman–Crippen MR) is 84.5 cm³/mol. The molecule has 0 unspecified atom stereocenters. The Morgan fingerprint density at radius 1 is 1.30 bits per heavy atom. The topological polar surface area (TPSA) is 81.9 Å². The molecule has 0 bridgehead atoms. The first-order valence-corrected chi connectivity index (χ1v) is 6.98. The van der Waals surface area contributed by atoms with Crippen molar-refractivity contribution in [1.29, 1.82) is 0 Å². The van der Waals surface area contributed by atoms with Crippen LogP contribution in [0.5, 0.6) is 5.75 Å². The zero-order valence-corrected chi connectivity index (χ0v) is 12.5. The number of hydrogen-bond acceptors (Lipinski definition) is 5. The molecule has 0 saturated carbocycles. The van der Waals surface area contributed by atoms with Crippen LogP contribution in [-0.4, -0.2) is 32.5 Å². The van der Waals surface area contributed by atoms with Crippen molar-refractivity contribution in [2.75, 3.05) is 12.4 Å². The molecule has 0 aliphatic carbocycles. The summed E-state index contributed by atoms with van der Waals surface area (Å²) >= 11 is 0. The fourth-order valence-corrected chi connectivity index (χ4v) is 2.16. The van der Waals surface area contributed by atoms with Crippen LogP contribution in [0.15, 0.2) is 55.4 Å². The summed E-state index contributed by atoms with van der Waals surface area (Å²) in [6.07, 6.45) is 6.65. The molecule has 2 aromatic heterocycles. The standard InChI is InChI=1S/C16H15N5O2/c1-23-13-5-3-2-4-12(13)8-16(22)20-14-9-15(19-10-18-14)21-7-6-17-11-21/h2-7,9-11H,8H2,1H3,(H,18,19,20,22). The van der Waals surface area contributed by atoms with Crippen molar-refractivity contribution in [1.82, 2.24) is 19.5 Å². The van der Waals surface area contributed by atoms with Crippen molar-refractivity contribution in [3.63, 3.8) is 0 Å². The molecule has 3 rings (SSSR count). The number of methoxy groups -OCH3 is 1. The third-order valence-electron chi connectivity index (χ3n) is 3.23. The molecule has 7 nitrogen and oxygen atoms in total. The number of para-hydroxylation sites is 1. The molecule has 1 N–H and O–H groups in total. The number of carbonyl (C=O) groups is 1. The zero-order valence-electron chi connectivity index (χ0n) is 12.5. The van der Waals surface area contributed by atoms with Crippen LogP contribution in [0.4, 0.5) is 5.82 Å². The lowest BCUT2D eigenvalue weighted by molar-refractivity contribution is -0.115. The molecular weight excluding hydrogens is 294 g/mol. The molecule has 7 heteroatoms. The number of nitrogens with one attached hydrogen (secondary N) is 1. The van der Waals surface area contributed by atoms with Crippen LogP contribution in [0.25, 0.3) is 5.82 Å². The number of benzene rings is 1. The summed E-state index contributed by atoms with van der Waals surface area (Å²) in [5.74, 6) is 1.57. The highest BCUT2D eigenvalue weighted by Gasteiger charge is 2.10. The third-order valence-corrected chi connectivity index (χ3v) is 3.23. The summed E-state index contributed by atoms with van der Waals surface area (Å²) in [4.78, 5) is 24.4. The number of hydrogen-bond donors (Lipinski definition) is 1. The van der Waals surface area contributed by atoms with Gasteiger partial charge in [-0.1, -0.05) is 18.2 Å². The predicted octanol–water partition coefficient (Wildman–Crippen LogP) is 1.85. The van der Waals surface area contributed by atoms with Gasteiger partial charge in [0.05, 0.1) is 13.5 Å². The second kappa shape index (κ2) is 6.69. The van der Waals surface area contributed by atoms with E-state index in [1.807, 2.05) is 24.3 Å². The molecule has 0 radical (unpaired) electrons. The molecular formula is C16H15N5O2. The van der Waals surface area contributed by atoms with E-state index in [4.69, 9.17) is 4.74 Å². The van der Waals surface area contributed by atoms with Crippen LogP contribution >= 0.6 is 0 Å². The van der Waals surface area contributed by atoms with E-state index in [1.54, 1.807) is 36.5 Å². The van der Waals surface area contributed by atoms with Crippen molar-refractivity contribution in [2.24, 2.45) is 0 Å². The first-order valence-electron chi connectivity index (χ1n) is 6.98. The second-order valence-electron chi connectivity index (χ2n) is 4.77. The molecule has 0 saturated heterocycles. The third kappa shape index (κ3) is 3.52. The van der Waals surface area contributed by atoms with E-state index in [2.05, 4.69) is 20.3 Å². The van der Waals surface area contributed by atoms with Gasteiger partial charge < -0.3 is 10.1 Å². The fourth-order valence-electron chi connectivity index (χ4n) is 2.16. The minimum Gasteiger partial charge on any atom is -0.496 e.